The van der Waals surface area contributed by atoms with Crippen molar-refractivity contribution < 1.29 is 9.18 Å². The van der Waals surface area contributed by atoms with Gasteiger partial charge in [-0.05, 0) is 12.1 Å². The molecule has 0 aliphatic carbocycles. The molecule has 2 heterocycles. The standard InChI is InChI=1S/C11H6FNOS/c12-8-3-1-2-7-10-9(15-11(7)8)4-6(5-14)13-10/h1-5,13H. The zero-order valence-corrected chi connectivity index (χ0v) is 8.40. The van der Waals surface area contributed by atoms with Gasteiger partial charge in [-0.25, -0.2) is 4.39 Å². The molecule has 0 fully saturated rings. The molecule has 0 radical (unpaired) electrons. The van der Waals surface area contributed by atoms with Crippen LogP contribution in [0.2, 0.25) is 0 Å². The largest absolute Gasteiger partial charge is 0.351 e. The van der Waals surface area contributed by atoms with Crippen molar-refractivity contribution in [3.63, 3.8) is 0 Å². The van der Waals surface area contributed by atoms with Crippen molar-refractivity contribution in [2.75, 3.05) is 0 Å². The summed E-state index contributed by atoms with van der Waals surface area (Å²) in [7, 11) is 0. The van der Waals surface area contributed by atoms with E-state index in [1.165, 1.54) is 17.4 Å². The van der Waals surface area contributed by atoms with Crippen molar-refractivity contribution in [3.05, 3.63) is 35.8 Å². The minimum Gasteiger partial charge on any atom is -0.351 e. The van der Waals surface area contributed by atoms with E-state index in [1.807, 2.05) is 6.07 Å². The second-order valence-electron chi connectivity index (χ2n) is 3.30. The number of thiophene rings is 1. The maximum atomic E-state index is 13.4. The molecule has 2 nitrogen and oxygen atoms in total. The summed E-state index contributed by atoms with van der Waals surface area (Å²) < 4.78 is 15.0. The van der Waals surface area contributed by atoms with E-state index in [0.29, 0.717) is 10.4 Å². The Balaban J connectivity index is 2.50. The number of aldehydes is 1. The summed E-state index contributed by atoms with van der Waals surface area (Å²) in [5, 5.41) is 0.836. The SMILES string of the molecule is O=Cc1cc2sc3c(F)cccc3c2[nH]1. The van der Waals surface area contributed by atoms with Crippen LogP contribution in [-0.2, 0) is 0 Å². The van der Waals surface area contributed by atoms with Crippen molar-refractivity contribution in [1.29, 1.82) is 0 Å². The highest BCUT2D eigenvalue weighted by molar-refractivity contribution is 7.25. The van der Waals surface area contributed by atoms with Gasteiger partial charge in [0.25, 0.3) is 0 Å². The van der Waals surface area contributed by atoms with Crippen molar-refractivity contribution >= 4 is 37.9 Å². The molecular formula is C11H6FNOS. The Morgan fingerprint density at radius 2 is 2.27 bits per heavy atom. The summed E-state index contributed by atoms with van der Waals surface area (Å²) in [6.45, 7) is 0. The van der Waals surface area contributed by atoms with Gasteiger partial charge in [-0.3, -0.25) is 4.79 Å². The molecule has 15 heavy (non-hydrogen) atoms. The van der Waals surface area contributed by atoms with Crippen LogP contribution in [0.4, 0.5) is 4.39 Å². The maximum absolute atomic E-state index is 13.4. The Bertz CT molecular complexity index is 668. The second-order valence-corrected chi connectivity index (χ2v) is 4.35. The average Bonchev–Trinajstić information content (AvgIpc) is 2.76. The van der Waals surface area contributed by atoms with E-state index >= 15 is 0 Å². The summed E-state index contributed by atoms with van der Waals surface area (Å²) in [6.07, 6.45) is 0.762. The first-order chi connectivity index (χ1) is 7.29. The topological polar surface area (TPSA) is 32.9 Å². The van der Waals surface area contributed by atoms with Gasteiger partial charge in [0, 0.05) is 5.39 Å². The first kappa shape index (κ1) is 8.61. The van der Waals surface area contributed by atoms with Gasteiger partial charge in [-0.2, -0.15) is 0 Å². The number of benzene rings is 1. The van der Waals surface area contributed by atoms with Crippen LogP contribution in [0.25, 0.3) is 20.3 Å². The van der Waals surface area contributed by atoms with E-state index in [4.69, 9.17) is 0 Å². The summed E-state index contributed by atoms with van der Waals surface area (Å²) in [6, 6.07) is 6.71. The molecule has 0 saturated heterocycles. The quantitative estimate of drug-likeness (QED) is 0.625. The number of carbonyl (C=O) groups excluding carboxylic acids is 1. The molecule has 3 rings (SSSR count). The number of aromatic nitrogens is 1. The minimum atomic E-state index is -0.213. The number of hydrogen-bond donors (Lipinski definition) is 1. The first-order valence-corrected chi connectivity index (χ1v) is 5.26. The molecule has 3 aromatic rings. The third kappa shape index (κ3) is 1.11. The van der Waals surface area contributed by atoms with Crippen LogP contribution >= 0.6 is 11.3 Å². The van der Waals surface area contributed by atoms with E-state index in [-0.39, 0.29) is 5.82 Å². The van der Waals surface area contributed by atoms with E-state index < -0.39 is 0 Å². The van der Waals surface area contributed by atoms with Gasteiger partial charge in [-0.1, -0.05) is 12.1 Å². The first-order valence-electron chi connectivity index (χ1n) is 4.44. The number of H-pyrrole nitrogens is 1. The average molecular weight is 219 g/mol. The number of carbonyl (C=O) groups is 1. The monoisotopic (exact) mass is 219 g/mol. The minimum absolute atomic E-state index is 0.213. The zero-order valence-electron chi connectivity index (χ0n) is 7.58. The number of rotatable bonds is 1. The molecule has 0 amide bonds. The normalized spacial score (nSPS) is 11.3. The third-order valence-corrected chi connectivity index (χ3v) is 3.54. The highest BCUT2D eigenvalue weighted by atomic mass is 32.1. The molecule has 0 unspecified atom stereocenters. The Morgan fingerprint density at radius 1 is 1.40 bits per heavy atom. The summed E-state index contributed by atoms with van der Waals surface area (Å²) in [5.41, 5.74) is 1.37. The van der Waals surface area contributed by atoms with E-state index in [0.717, 1.165) is 21.9 Å². The number of aromatic amines is 1. The van der Waals surface area contributed by atoms with E-state index in [2.05, 4.69) is 4.98 Å². The van der Waals surface area contributed by atoms with Crippen LogP contribution in [0.5, 0.6) is 0 Å². The van der Waals surface area contributed by atoms with Crippen LogP contribution in [0.15, 0.2) is 24.3 Å². The van der Waals surface area contributed by atoms with Gasteiger partial charge in [0.2, 0.25) is 0 Å². The fourth-order valence-corrected chi connectivity index (χ4v) is 2.83. The Kier molecular flexibility index (Phi) is 1.67. The molecule has 0 saturated carbocycles. The lowest BCUT2D eigenvalue weighted by Crippen LogP contribution is -1.77. The Labute approximate surface area is 88.3 Å². The zero-order chi connectivity index (χ0) is 10.4. The molecule has 1 aromatic carbocycles. The molecule has 1 N–H and O–H groups in total. The second kappa shape index (κ2) is 2.90. The molecule has 0 aliphatic rings. The van der Waals surface area contributed by atoms with Crippen LogP contribution in [0.3, 0.4) is 0 Å². The van der Waals surface area contributed by atoms with Gasteiger partial charge in [0.05, 0.1) is 20.6 Å². The predicted molar refractivity (Wildman–Crippen MR) is 59.0 cm³/mol. The predicted octanol–water partition coefficient (Wildman–Crippen LogP) is 3.33. The van der Waals surface area contributed by atoms with Crippen molar-refractivity contribution in [2.24, 2.45) is 0 Å². The number of nitrogens with one attached hydrogen (secondary N) is 1. The van der Waals surface area contributed by atoms with Crippen LogP contribution in [0, 0.1) is 5.82 Å². The van der Waals surface area contributed by atoms with Crippen molar-refractivity contribution in [3.8, 4) is 0 Å². The van der Waals surface area contributed by atoms with E-state index in [1.54, 1.807) is 12.1 Å². The van der Waals surface area contributed by atoms with Crippen LogP contribution in [0.1, 0.15) is 10.5 Å². The van der Waals surface area contributed by atoms with Crippen LogP contribution in [-0.4, -0.2) is 11.3 Å². The molecule has 2 aromatic heterocycles. The van der Waals surface area contributed by atoms with Gasteiger partial charge >= 0.3 is 0 Å². The third-order valence-electron chi connectivity index (χ3n) is 2.38. The van der Waals surface area contributed by atoms with Crippen molar-refractivity contribution in [2.45, 2.75) is 0 Å². The van der Waals surface area contributed by atoms with Crippen molar-refractivity contribution in [1.82, 2.24) is 4.98 Å². The van der Waals surface area contributed by atoms with Gasteiger partial charge in [0.1, 0.15) is 5.82 Å². The Morgan fingerprint density at radius 3 is 3.07 bits per heavy atom. The summed E-state index contributed by atoms with van der Waals surface area (Å²) in [5.74, 6) is -0.213. The highest BCUT2D eigenvalue weighted by Gasteiger charge is 2.10. The van der Waals surface area contributed by atoms with Gasteiger partial charge in [-0.15, -0.1) is 11.3 Å². The number of hydrogen-bond acceptors (Lipinski definition) is 2. The molecule has 4 heteroatoms. The maximum Gasteiger partial charge on any atom is 0.166 e. The lowest BCUT2D eigenvalue weighted by molar-refractivity contribution is 0.112. The van der Waals surface area contributed by atoms with E-state index in [9.17, 15) is 9.18 Å². The molecule has 74 valence electrons. The molecule has 0 bridgehead atoms. The fraction of sp³-hybridized carbons (Fsp3) is 0. The summed E-state index contributed by atoms with van der Waals surface area (Å²) in [4.78, 5) is 13.5. The lowest BCUT2D eigenvalue weighted by Gasteiger charge is -1.90. The Hall–Kier alpha value is -1.68. The number of halogens is 1. The smallest absolute Gasteiger partial charge is 0.166 e. The fourth-order valence-electron chi connectivity index (χ4n) is 1.72. The number of fused-ring (bicyclic) bond motifs is 3. The highest BCUT2D eigenvalue weighted by Crippen LogP contribution is 2.34. The summed E-state index contributed by atoms with van der Waals surface area (Å²) >= 11 is 1.36. The van der Waals surface area contributed by atoms with Gasteiger partial charge in [0.15, 0.2) is 6.29 Å². The molecular weight excluding hydrogens is 213 g/mol. The molecule has 0 atom stereocenters. The molecule has 0 spiro atoms. The lowest BCUT2D eigenvalue weighted by atomic mass is 10.2. The van der Waals surface area contributed by atoms with Gasteiger partial charge < -0.3 is 4.98 Å². The van der Waals surface area contributed by atoms with Crippen LogP contribution < -0.4 is 0 Å². The molecule has 0 aliphatic heterocycles.